The summed E-state index contributed by atoms with van der Waals surface area (Å²) in [6, 6.07) is 1.63. The highest BCUT2D eigenvalue weighted by atomic mass is 32.2. The van der Waals surface area contributed by atoms with Crippen LogP contribution in [0.4, 0.5) is 0 Å². The first-order valence-electron chi connectivity index (χ1n) is 7.61. The first-order valence-corrected chi connectivity index (χ1v) is 9.05. The molecule has 1 fully saturated rings. The molecule has 1 aromatic heterocycles. The molecule has 7 heteroatoms. The molecule has 0 radical (unpaired) electrons. The number of hydrogen-bond acceptors (Lipinski definition) is 3. The van der Waals surface area contributed by atoms with Crippen molar-refractivity contribution >= 4 is 15.9 Å². The number of amides is 1. The smallest absolute Gasteiger partial charge is 0.268 e. The van der Waals surface area contributed by atoms with E-state index in [0.29, 0.717) is 5.69 Å². The van der Waals surface area contributed by atoms with Crippen molar-refractivity contribution in [1.82, 2.24) is 14.2 Å². The molecule has 0 bridgehead atoms. The maximum Gasteiger partial charge on any atom is 0.268 e. The van der Waals surface area contributed by atoms with Crippen LogP contribution in [0.2, 0.25) is 0 Å². The molecular formula is C15H25N3O3S. The van der Waals surface area contributed by atoms with E-state index >= 15 is 0 Å². The molecule has 0 atom stereocenters. The maximum absolute atomic E-state index is 12.4. The largest absolute Gasteiger partial charge is 0.348 e. The van der Waals surface area contributed by atoms with E-state index in [9.17, 15) is 13.2 Å². The number of sulfonamides is 1. The molecule has 1 amide bonds. The number of nitrogens with zero attached hydrogens (tertiary/aromatic N) is 2. The normalized spacial score (nSPS) is 22.8. The second-order valence-corrected chi connectivity index (χ2v) is 8.54. The van der Waals surface area contributed by atoms with Gasteiger partial charge in [-0.05, 0) is 37.7 Å². The Balaban J connectivity index is 2.12. The molecule has 6 nitrogen and oxygen atoms in total. The maximum atomic E-state index is 12.4. The van der Waals surface area contributed by atoms with E-state index < -0.39 is 10.0 Å². The van der Waals surface area contributed by atoms with E-state index in [1.807, 2.05) is 0 Å². The van der Waals surface area contributed by atoms with E-state index in [0.717, 1.165) is 35.9 Å². The molecule has 0 unspecified atom stereocenters. The van der Waals surface area contributed by atoms with Crippen LogP contribution in [0.1, 0.15) is 43.1 Å². The first-order chi connectivity index (χ1) is 10.2. The summed E-state index contributed by atoms with van der Waals surface area (Å²) >= 11 is 0. The standard InChI is InChI=1S/C15H25N3O3S/c1-11-5-7-12(8-6-11)16-15(19)14-9-13(10-18(14)4)22(20,21)17(2)3/h9-12H,5-8H2,1-4H3,(H,16,19). The van der Waals surface area contributed by atoms with Gasteiger partial charge in [-0.25, -0.2) is 12.7 Å². The zero-order chi connectivity index (χ0) is 16.5. The summed E-state index contributed by atoms with van der Waals surface area (Å²) < 4.78 is 27.0. The van der Waals surface area contributed by atoms with Crippen LogP contribution in [0, 0.1) is 5.92 Å². The number of nitrogens with one attached hydrogen (secondary N) is 1. The second kappa shape index (κ2) is 6.42. The molecule has 0 saturated heterocycles. The molecule has 0 aliphatic heterocycles. The number of hydrogen-bond donors (Lipinski definition) is 1. The summed E-state index contributed by atoms with van der Waals surface area (Å²) in [5.74, 6) is 0.516. The number of rotatable bonds is 4. The van der Waals surface area contributed by atoms with Gasteiger partial charge in [0.05, 0.1) is 0 Å². The topological polar surface area (TPSA) is 71.4 Å². The van der Waals surface area contributed by atoms with Crippen molar-refractivity contribution in [2.45, 2.75) is 43.5 Å². The van der Waals surface area contributed by atoms with Crippen LogP contribution in [0.15, 0.2) is 17.2 Å². The van der Waals surface area contributed by atoms with Crippen LogP contribution in [0.5, 0.6) is 0 Å². The Bertz CT molecular complexity index is 641. The molecular weight excluding hydrogens is 302 g/mol. The second-order valence-electron chi connectivity index (χ2n) is 6.39. The summed E-state index contributed by atoms with van der Waals surface area (Å²) in [4.78, 5) is 12.5. The van der Waals surface area contributed by atoms with Gasteiger partial charge in [-0.15, -0.1) is 0 Å². The van der Waals surface area contributed by atoms with Crippen LogP contribution in [0.3, 0.4) is 0 Å². The van der Waals surface area contributed by atoms with Crippen LogP contribution in [-0.2, 0) is 17.1 Å². The predicted octanol–water partition coefficient (Wildman–Crippen LogP) is 1.58. The van der Waals surface area contributed by atoms with Crippen molar-refractivity contribution < 1.29 is 13.2 Å². The Morgan fingerprint density at radius 3 is 2.41 bits per heavy atom. The Morgan fingerprint density at radius 2 is 1.86 bits per heavy atom. The van der Waals surface area contributed by atoms with Crippen molar-refractivity contribution in [1.29, 1.82) is 0 Å². The average molecular weight is 327 g/mol. The highest BCUT2D eigenvalue weighted by molar-refractivity contribution is 7.89. The summed E-state index contributed by atoms with van der Waals surface area (Å²) in [6.07, 6.45) is 5.70. The molecule has 1 aliphatic carbocycles. The van der Waals surface area contributed by atoms with Gasteiger partial charge < -0.3 is 9.88 Å². The quantitative estimate of drug-likeness (QED) is 0.913. The van der Waals surface area contributed by atoms with E-state index in [4.69, 9.17) is 0 Å². The minimum Gasteiger partial charge on any atom is -0.348 e. The van der Waals surface area contributed by atoms with Gasteiger partial charge in [0.15, 0.2) is 0 Å². The molecule has 1 saturated carbocycles. The number of carbonyl (C=O) groups is 1. The van der Waals surface area contributed by atoms with Crippen molar-refractivity contribution in [3.05, 3.63) is 18.0 Å². The fourth-order valence-corrected chi connectivity index (χ4v) is 3.75. The summed E-state index contributed by atoms with van der Waals surface area (Å²) in [6.45, 7) is 2.23. The van der Waals surface area contributed by atoms with E-state index in [1.54, 1.807) is 11.6 Å². The lowest BCUT2D eigenvalue weighted by Gasteiger charge is -2.26. The van der Waals surface area contributed by atoms with Crippen LogP contribution in [-0.4, -0.2) is 43.3 Å². The molecule has 1 N–H and O–H groups in total. The summed E-state index contributed by atoms with van der Waals surface area (Å²) in [7, 11) is 1.12. The van der Waals surface area contributed by atoms with Gasteiger partial charge in [-0.3, -0.25) is 4.79 Å². The molecule has 22 heavy (non-hydrogen) atoms. The third kappa shape index (κ3) is 3.52. The van der Waals surface area contributed by atoms with Gasteiger partial charge in [-0.1, -0.05) is 6.92 Å². The van der Waals surface area contributed by atoms with Crippen LogP contribution < -0.4 is 5.32 Å². The predicted molar refractivity (Wildman–Crippen MR) is 85.2 cm³/mol. The highest BCUT2D eigenvalue weighted by Crippen LogP contribution is 2.24. The van der Waals surface area contributed by atoms with Gasteiger partial charge in [0.25, 0.3) is 5.91 Å². The monoisotopic (exact) mass is 327 g/mol. The first kappa shape index (κ1) is 17.0. The number of carbonyl (C=O) groups excluding carboxylic acids is 1. The zero-order valence-electron chi connectivity index (χ0n) is 13.7. The lowest BCUT2D eigenvalue weighted by Crippen LogP contribution is -2.38. The Kier molecular flexibility index (Phi) is 4.97. The molecule has 1 aromatic rings. The summed E-state index contributed by atoms with van der Waals surface area (Å²) in [5, 5.41) is 3.02. The number of aryl methyl sites for hydroxylation is 1. The van der Waals surface area contributed by atoms with Crippen molar-refractivity contribution in [2.75, 3.05) is 14.1 Å². The number of aromatic nitrogens is 1. The fraction of sp³-hybridized carbons (Fsp3) is 0.667. The molecule has 124 valence electrons. The Morgan fingerprint density at radius 1 is 1.27 bits per heavy atom. The lowest BCUT2D eigenvalue weighted by molar-refractivity contribution is 0.0914. The lowest BCUT2D eigenvalue weighted by atomic mass is 9.87. The molecule has 0 spiro atoms. The minimum atomic E-state index is -3.52. The fourth-order valence-electron chi connectivity index (χ4n) is 2.78. The van der Waals surface area contributed by atoms with Gasteiger partial charge in [0.2, 0.25) is 10.0 Å². The summed E-state index contributed by atoms with van der Waals surface area (Å²) in [5.41, 5.74) is 0.374. The third-order valence-corrected chi connectivity index (χ3v) is 6.12. The Hall–Kier alpha value is -1.34. The van der Waals surface area contributed by atoms with E-state index in [1.165, 1.54) is 26.4 Å². The molecule has 0 aromatic carbocycles. The van der Waals surface area contributed by atoms with Crippen LogP contribution in [0.25, 0.3) is 0 Å². The average Bonchev–Trinajstić information content (AvgIpc) is 2.84. The minimum absolute atomic E-state index is 0.141. The van der Waals surface area contributed by atoms with E-state index in [2.05, 4.69) is 12.2 Å². The van der Waals surface area contributed by atoms with Crippen molar-refractivity contribution in [3.8, 4) is 0 Å². The van der Waals surface area contributed by atoms with Gasteiger partial charge in [-0.2, -0.15) is 0 Å². The van der Waals surface area contributed by atoms with Gasteiger partial charge >= 0.3 is 0 Å². The van der Waals surface area contributed by atoms with Gasteiger partial charge in [0.1, 0.15) is 10.6 Å². The van der Waals surface area contributed by atoms with E-state index in [-0.39, 0.29) is 16.8 Å². The molecule has 2 rings (SSSR count). The Labute approximate surface area is 132 Å². The SMILES string of the molecule is CC1CCC(NC(=O)c2cc(S(=O)(=O)N(C)C)cn2C)CC1. The van der Waals surface area contributed by atoms with Crippen LogP contribution >= 0.6 is 0 Å². The van der Waals surface area contributed by atoms with Gasteiger partial charge in [0, 0.05) is 33.4 Å². The van der Waals surface area contributed by atoms with Crippen molar-refractivity contribution in [2.24, 2.45) is 13.0 Å². The molecule has 1 aliphatic rings. The highest BCUT2D eigenvalue weighted by Gasteiger charge is 2.25. The molecule has 1 heterocycles. The van der Waals surface area contributed by atoms with Crippen molar-refractivity contribution in [3.63, 3.8) is 0 Å². The zero-order valence-corrected chi connectivity index (χ0v) is 14.5. The third-order valence-electron chi connectivity index (χ3n) is 4.34.